The van der Waals surface area contributed by atoms with E-state index in [4.69, 9.17) is 0 Å². The predicted molar refractivity (Wildman–Crippen MR) is 253 cm³/mol. The van der Waals surface area contributed by atoms with Crippen molar-refractivity contribution in [1.29, 1.82) is 0 Å². The molecule has 2 aromatic heterocycles. The number of thiophene rings is 1. The molecule has 0 bridgehead atoms. The lowest BCUT2D eigenvalue weighted by atomic mass is 9.30. The topological polar surface area (TPSA) is 11.4 Å². The van der Waals surface area contributed by atoms with E-state index in [1.165, 1.54) is 81.3 Å². The first-order valence-corrected chi connectivity index (χ1v) is 21.4. The minimum atomic E-state index is -0.256. The average molecular weight is 774 g/mol. The summed E-state index contributed by atoms with van der Waals surface area (Å²) >= 11 is 1.93. The molecule has 280 valence electrons. The zero-order chi connectivity index (χ0) is 39.4. The fourth-order valence-electron chi connectivity index (χ4n) is 10.3. The van der Waals surface area contributed by atoms with Crippen LogP contribution in [-0.2, 0) is 5.41 Å². The van der Waals surface area contributed by atoms with E-state index in [1.54, 1.807) is 0 Å². The molecule has 0 fully saturated rings. The summed E-state index contributed by atoms with van der Waals surface area (Å²) < 4.78 is 5.30. The summed E-state index contributed by atoms with van der Waals surface area (Å²) in [5, 5.41) is 2.62. The van der Waals surface area contributed by atoms with Crippen LogP contribution in [0.4, 0.5) is 34.1 Å². The van der Waals surface area contributed by atoms with E-state index in [0.717, 1.165) is 22.7 Å². The highest BCUT2D eigenvalue weighted by molar-refractivity contribution is 7.27. The quantitative estimate of drug-likeness (QED) is 0.156. The maximum Gasteiger partial charge on any atom is 0.247 e. The molecule has 59 heavy (non-hydrogen) atoms. The highest BCUT2D eigenvalue weighted by Gasteiger charge is 2.46. The molecule has 0 spiro atoms. The van der Waals surface area contributed by atoms with Gasteiger partial charge in [0.05, 0.1) is 21.4 Å². The molecule has 0 N–H and O–H groups in total. The van der Waals surface area contributed by atoms with Gasteiger partial charge in [0.15, 0.2) is 0 Å². The molecular formula is C54H40BN3S. The number of fused-ring (bicyclic) bond motifs is 9. The van der Waals surface area contributed by atoms with E-state index in [0.29, 0.717) is 0 Å². The monoisotopic (exact) mass is 773 g/mol. The molecule has 0 radical (unpaired) electrons. The van der Waals surface area contributed by atoms with Gasteiger partial charge < -0.3 is 14.4 Å². The second kappa shape index (κ2) is 12.8. The molecule has 5 heteroatoms. The van der Waals surface area contributed by atoms with E-state index in [9.17, 15) is 0 Å². The average Bonchev–Trinajstić information content (AvgIpc) is 3.82. The fourth-order valence-corrected chi connectivity index (χ4v) is 11.6. The van der Waals surface area contributed by atoms with Crippen molar-refractivity contribution in [2.75, 3.05) is 9.80 Å². The van der Waals surface area contributed by atoms with E-state index in [-0.39, 0.29) is 12.1 Å². The van der Waals surface area contributed by atoms with Gasteiger partial charge in [-0.05, 0) is 113 Å². The third-order valence-electron chi connectivity index (χ3n) is 12.8. The van der Waals surface area contributed by atoms with Crippen LogP contribution in [0.5, 0.6) is 0 Å². The van der Waals surface area contributed by atoms with Gasteiger partial charge in [-0.25, -0.2) is 0 Å². The van der Waals surface area contributed by atoms with Crippen LogP contribution in [0, 0.1) is 6.92 Å². The first-order valence-electron chi connectivity index (χ1n) is 20.6. The number of anilines is 6. The Kier molecular flexibility index (Phi) is 7.45. The lowest BCUT2D eigenvalue weighted by Crippen LogP contribution is -2.63. The highest BCUT2D eigenvalue weighted by Crippen LogP contribution is 2.50. The highest BCUT2D eigenvalue weighted by atomic mass is 32.1. The number of hydrogen-bond donors (Lipinski definition) is 0. The van der Waals surface area contributed by atoms with E-state index >= 15 is 0 Å². The summed E-state index contributed by atoms with van der Waals surface area (Å²) in [5.74, 6) is 0. The second-order valence-electron chi connectivity index (χ2n) is 16.6. The molecule has 8 aromatic carbocycles. The van der Waals surface area contributed by atoms with Crippen molar-refractivity contribution in [1.82, 2.24) is 4.57 Å². The van der Waals surface area contributed by atoms with Gasteiger partial charge in [0, 0.05) is 55.0 Å². The van der Waals surface area contributed by atoms with E-state index in [2.05, 4.69) is 223 Å². The lowest BCUT2D eigenvalue weighted by Gasteiger charge is -2.43. The first kappa shape index (κ1) is 34.2. The Hall–Kier alpha value is -6.82. The van der Waals surface area contributed by atoms with Gasteiger partial charge in [-0.1, -0.05) is 129 Å². The Balaban J connectivity index is 1.18. The molecule has 2 aliphatic heterocycles. The van der Waals surface area contributed by atoms with Crippen molar-refractivity contribution < 1.29 is 0 Å². The summed E-state index contributed by atoms with van der Waals surface area (Å²) in [6, 6.07) is 69.3. The van der Waals surface area contributed by atoms with Crippen LogP contribution < -0.4 is 26.2 Å². The number of nitrogens with zero attached hydrogens (tertiary/aromatic N) is 3. The first-order chi connectivity index (χ1) is 29.0. The maximum atomic E-state index is 2.65. The summed E-state index contributed by atoms with van der Waals surface area (Å²) in [4.78, 5) is 4.85. The van der Waals surface area contributed by atoms with Gasteiger partial charge in [0.1, 0.15) is 0 Å². The molecule has 3 nitrogen and oxygen atoms in total. The normalized spacial score (nSPS) is 13.4. The van der Waals surface area contributed by atoms with Crippen LogP contribution in [0.3, 0.4) is 0 Å². The summed E-state index contributed by atoms with van der Waals surface area (Å²) in [6.07, 6.45) is 0. The molecule has 4 heterocycles. The smallest absolute Gasteiger partial charge is 0.247 e. The predicted octanol–water partition coefficient (Wildman–Crippen LogP) is 12.7. The van der Waals surface area contributed by atoms with Crippen LogP contribution in [0.1, 0.15) is 30.5 Å². The SMILES string of the molecule is Cc1cc2c3c(c1)C(C)(C)c1cc(N(c4ccccc4)c4ccccc4)ccc1B3c1ccc(N(c3ccccc3)c3ccccc3)c3c4sc5ccccc5c4n-2c13. The third kappa shape index (κ3) is 4.95. The van der Waals surface area contributed by atoms with E-state index in [1.807, 2.05) is 11.3 Å². The molecular weight excluding hydrogens is 733 g/mol. The van der Waals surface area contributed by atoms with Crippen molar-refractivity contribution in [3.63, 3.8) is 0 Å². The van der Waals surface area contributed by atoms with Gasteiger partial charge in [0.2, 0.25) is 6.71 Å². The van der Waals surface area contributed by atoms with Crippen molar-refractivity contribution in [2.45, 2.75) is 26.2 Å². The zero-order valence-electron chi connectivity index (χ0n) is 33.2. The van der Waals surface area contributed by atoms with Crippen LogP contribution in [0.25, 0.3) is 36.9 Å². The molecule has 10 aromatic rings. The minimum absolute atomic E-state index is 0.0702. The molecule has 0 aliphatic carbocycles. The van der Waals surface area contributed by atoms with Crippen LogP contribution in [-0.4, -0.2) is 11.3 Å². The van der Waals surface area contributed by atoms with Gasteiger partial charge in [-0.3, -0.25) is 0 Å². The Morgan fingerprint density at radius 3 is 1.69 bits per heavy atom. The molecule has 12 rings (SSSR count). The molecule has 0 amide bonds. The number of para-hydroxylation sites is 4. The Bertz CT molecular complexity index is 3180. The number of rotatable bonds is 6. The van der Waals surface area contributed by atoms with Gasteiger partial charge in [-0.2, -0.15) is 0 Å². The zero-order valence-corrected chi connectivity index (χ0v) is 34.0. The van der Waals surface area contributed by atoms with Gasteiger partial charge >= 0.3 is 0 Å². The van der Waals surface area contributed by atoms with E-state index < -0.39 is 0 Å². The number of aromatic nitrogens is 1. The number of aryl methyl sites for hydroxylation is 1. The van der Waals surface area contributed by atoms with Crippen LogP contribution >= 0.6 is 11.3 Å². The summed E-state index contributed by atoms with van der Waals surface area (Å²) in [6.45, 7) is 7.23. The summed E-state index contributed by atoms with van der Waals surface area (Å²) in [5.41, 5.74) is 18.9. The second-order valence-corrected chi connectivity index (χ2v) is 17.6. The van der Waals surface area contributed by atoms with Gasteiger partial charge in [-0.15, -0.1) is 11.3 Å². The molecule has 0 saturated carbocycles. The molecule has 0 unspecified atom stereocenters. The Labute approximate surface area is 349 Å². The molecule has 0 atom stereocenters. The van der Waals surface area contributed by atoms with Crippen molar-refractivity contribution >= 4 is 99.8 Å². The summed E-state index contributed by atoms with van der Waals surface area (Å²) in [7, 11) is 0. The molecule has 2 aliphatic rings. The largest absolute Gasteiger partial charge is 0.310 e. The Morgan fingerprint density at radius 2 is 1.07 bits per heavy atom. The molecule has 0 saturated heterocycles. The standard InChI is InChI=1S/C54H40BN3S/c1-35-32-43-50-47(33-35)58-51-41-26-16-17-27-48(41)59-53(51)49-46(57(38-22-12-6-13-23-38)39-24-14-7-15-25-39)31-30-45(52(49)58)55(50)44-29-28-40(34-42(44)54(43,2)3)56(36-18-8-4-9-19-36)37-20-10-5-11-21-37/h4-34H,1-3H3. The van der Waals surface area contributed by atoms with Crippen molar-refractivity contribution in [3.05, 3.63) is 205 Å². The number of benzene rings is 8. The van der Waals surface area contributed by atoms with Crippen LogP contribution in [0.15, 0.2) is 188 Å². The maximum absolute atomic E-state index is 2.65. The van der Waals surface area contributed by atoms with Crippen molar-refractivity contribution in [3.8, 4) is 5.69 Å². The Morgan fingerprint density at radius 1 is 0.508 bits per heavy atom. The fraction of sp³-hybridized carbons (Fsp3) is 0.0741. The van der Waals surface area contributed by atoms with Crippen molar-refractivity contribution in [2.24, 2.45) is 0 Å². The van der Waals surface area contributed by atoms with Gasteiger partial charge in [0.25, 0.3) is 0 Å². The third-order valence-corrected chi connectivity index (χ3v) is 14.0. The minimum Gasteiger partial charge on any atom is -0.310 e. The van der Waals surface area contributed by atoms with Crippen LogP contribution in [0.2, 0.25) is 0 Å². The lowest BCUT2D eigenvalue weighted by molar-refractivity contribution is 0.645. The number of hydrogen-bond acceptors (Lipinski definition) is 3.